The number of ether oxygens (including phenoxy) is 2. The molecule has 0 saturated heterocycles. The van der Waals surface area contributed by atoms with Gasteiger partial charge in [-0.3, -0.25) is 9.80 Å². The van der Waals surface area contributed by atoms with Crippen LogP contribution in [0, 0.1) is 0 Å². The number of hydrogen-bond acceptors (Lipinski definition) is 6. The Hall–Kier alpha value is -1.54. The molecule has 0 atom stereocenters. The van der Waals surface area contributed by atoms with Crippen LogP contribution in [-0.4, -0.2) is 66.5 Å². The zero-order chi connectivity index (χ0) is 11.8. The van der Waals surface area contributed by atoms with E-state index in [1.807, 2.05) is 0 Å². The fourth-order valence-electron chi connectivity index (χ4n) is 0.764. The number of carbonyl (C=O) groups excluding carboxylic acids is 2. The molecule has 0 aliphatic carbocycles. The summed E-state index contributed by atoms with van der Waals surface area (Å²) in [4.78, 5) is 24.0. The molecule has 0 aromatic rings. The van der Waals surface area contributed by atoms with Crippen LogP contribution >= 0.6 is 0 Å². The molecule has 0 radical (unpaired) electrons. The number of amides is 2. The van der Waals surface area contributed by atoms with Crippen molar-refractivity contribution < 1.29 is 29.3 Å². The summed E-state index contributed by atoms with van der Waals surface area (Å²) in [6.07, 6.45) is -1.55. The molecule has 0 aromatic carbocycles. The molecule has 0 unspecified atom stereocenters. The summed E-state index contributed by atoms with van der Waals surface area (Å²) < 4.78 is 8.52. The van der Waals surface area contributed by atoms with Crippen molar-refractivity contribution in [2.45, 2.75) is 0 Å². The van der Waals surface area contributed by atoms with E-state index in [1.165, 1.54) is 14.1 Å². The van der Waals surface area contributed by atoms with E-state index in [0.717, 1.165) is 9.80 Å². The Morgan fingerprint density at radius 1 is 1.00 bits per heavy atom. The van der Waals surface area contributed by atoms with Gasteiger partial charge in [0, 0.05) is 14.1 Å². The summed E-state index contributed by atoms with van der Waals surface area (Å²) in [5.74, 6) is 0. The van der Waals surface area contributed by atoms with Gasteiger partial charge in [0.25, 0.3) is 0 Å². The van der Waals surface area contributed by atoms with Crippen LogP contribution in [0.3, 0.4) is 0 Å². The van der Waals surface area contributed by atoms with Crippen LogP contribution < -0.4 is 0 Å². The van der Waals surface area contributed by atoms with Gasteiger partial charge in [0.2, 0.25) is 0 Å². The Kier molecular flexibility index (Phi) is 6.14. The minimum absolute atomic E-state index is 0.0856. The predicted octanol–water partition coefficient (Wildman–Crippen LogP) is -1.02. The molecular formula is C7H14N2O6. The molecule has 0 saturated carbocycles. The van der Waals surface area contributed by atoms with Crippen LogP contribution in [-0.2, 0) is 9.47 Å². The molecule has 2 amide bonds. The monoisotopic (exact) mass is 222 g/mol. The summed E-state index contributed by atoms with van der Waals surface area (Å²) in [6, 6.07) is 0. The first-order valence-electron chi connectivity index (χ1n) is 4.00. The third-order valence-electron chi connectivity index (χ3n) is 1.42. The fourth-order valence-corrected chi connectivity index (χ4v) is 0.764. The number of aliphatic hydroxyl groups is 2. The van der Waals surface area contributed by atoms with Gasteiger partial charge in [0.15, 0.2) is 13.6 Å². The highest BCUT2D eigenvalue weighted by molar-refractivity contribution is 5.69. The van der Waals surface area contributed by atoms with E-state index >= 15 is 0 Å². The Morgan fingerprint density at radius 3 is 1.60 bits per heavy atom. The van der Waals surface area contributed by atoms with Crippen molar-refractivity contribution in [2.75, 3.05) is 34.3 Å². The number of carbonyl (C=O) groups is 2. The van der Waals surface area contributed by atoms with E-state index < -0.39 is 25.8 Å². The molecule has 0 aromatic heterocycles. The normalized spacial score (nSPS) is 9.33. The molecule has 0 aliphatic rings. The van der Waals surface area contributed by atoms with Gasteiger partial charge < -0.3 is 19.7 Å². The lowest BCUT2D eigenvalue weighted by Crippen LogP contribution is -2.40. The van der Waals surface area contributed by atoms with E-state index in [-0.39, 0.29) is 6.67 Å². The molecule has 0 heterocycles. The molecule has 0 rings (SSSR count). The summed E-state index contributed by atoms with van der Waals surface area (Å²) in [6.45, 7) is -1.54. The van der Waals surface area contributed by atoms with E-state index in [9.17, 15) is 9.59 Å². The number of aliphatic hydroxyl groups excluding tert-OH is 2. The Morgan fingerprint density at radius 2 is 1.33 bits per heavy atom. The predicted molar refractivity (Wildman–Crippen MR) is 47.5 cm³/mol. The van der Waals surface area contributed by atoms with Gasteiger partial charge in [0.05, 0.1) is 0 Å². The van der Waals surface area contributed by atoms with Crippen LogP contribution in [0.4, 0.5) is 9.59 Å². The summed E-state index contributed by atoms with van der Waals surface area (Å²) in [5, 5.41) is 16.6. The van der Waals surface area contributed by atoms with Gasteiger partial charge in [-0.15, -0.1) is 0 Å². The first-order chi connectivity index (χ1) is 7.02. The fraction of sp³-hybridized carbons (Fsp3) is 0.714. The maximum absolute atomic E-state index is 11.0. The second-order valence-electron chi connectivity index (χ2n) is 2.62. The number of nitrogens with zero attached hydrogens (tertiary/aromatic N) is 2. The first-order valence-corrected chi connectivity index (χ1v) is 4.00. The molecule has 0 aliphatic heterocycles. The molecule has 8 heteroatoms. The quantitative estimate of drug-likeness (QED) is 0.590. The Bertz CT molecular complexity index is 200. The largest absolute Gasteiger partial charge is 0.422 e. The van der Waals surface area contributed by atoms with Crippen molar-refractivity contribution >= 4 is 12.2 Å². The number of rotatable bonds is 4. The van der Waals surface area contributed by atoms with E-state index in [1.54, 1.807) is 0 Å². The zero-order valence-corrected chi connectivity index (χ0v) is 8.54. The van der Waals surface area contributed by atoms with Crippen LogP contribution in [0.15, 0.2) is 0 Å². The van der Waals surface area contributed by atoms with Crippen molar-refractivity contribution in [3.05, 3.63) is 0 Å². The third kappa shape index (κ3) is 5.03. The summed E-state index contributed by atoms with van der Waals surface area (Å²) in [5.41, 5.74) is 0. The van der Waals surface area contributed by atoms with Gasteiger partial charge in [-0.2, -0.15) is 0 Å². The lowest BCUT2D eigenvalue weighted by atomic mass is 10.7. The lowest BCUT2D eigenvalue weighted by Gasteiger charge is -2.22. The van der Waals surface area contributed by atoms with Crippen LogP contribution in [0.25, 0.3) is 0 Å². The number of hydrogen-bond donors (Lipinski definition) is 2. The Labute approximate surface area is 86.6 Å². The summed E-state index contributed by atoms with van der Waals surface area (Å²) >= 11 is 0. The first kappa shape index (κ1) is 13.5. The average molecular weight is 222 g/mol. The highest BCUT2D eigenvalue weighted by Crippen LogP contribution is 1.95. The van der Waals surface area contributed by atoms with Crippen molar-refractivity contribution in [3.8, 4) is 0 Å². The minimum atomic E-state index is -0.777. The molecule has 2 N–H and O–H groups in total. The second-order valence-corrected chi connectivity index (χ2v) is 2.62. The molecule has 8 nitrogen and oxygen atoms in total. The summed E-state index contributed by atoms with van der Waals surface area (Å²) in [7, 11) is 2.75. The molecule has 0 bridgehead atoms. The van der Waals surface area contributed by atoms with Crippen molar-refractivity contribution in [3.63, 3.8) is 0 Å². The van der Waals surface area contributed by atoms with Gasteiger partial charge in [-0.05, 0) is 0 Å². The zero-order valence-electron chi connectivity index (χ0n) is 8.54. The average Bonchev–Trinajstić information content (AvgIpc) is 2.18. The molecular weight excluding hydrogens is 208 g/mol. The van der Waals surface area contributed by atoms with Crippen LogP contribution in [0.2, 0.25) is 0 Å². The molecule has 88 valence electrons. The van der Waals surface area contributed by atoms with Crippen molar-refractivity contribution in [1.82, 2.24) is 9.80 Å². The lowest BCUT2D eigenvalue weighted by molar-refractivity contribution is 0.00717. The van der Waals surface area contributed by atoms with Gasteiger partial charge in [-0.25, -0.2) is 9.59 Å². The third-order valence-corrected chi connectivity index (χ3v) is 1.42. The van der Waals surface area contributed by atoms with Gasteiger partial charge >= 0.3 is 12.2 Å². The van der Waals surface area contributed by atoms with Gasteiger partial charge in [0.1, 0.15) is 6.67 Å². The highest BCUT2D eigenvalue weighted by Gasteiger charge is 2.16. The molecule has 0 spiro atoms. The highest BCUT2D eigenvalue weighted by atomic mass is 16.6. The van der Waals surface area contributed by atoms with Crippen molar-refractivity contribution in [2.24, 2.45) is 0 Å². The van der Waals surface area contributed by atoms with E-state index in [2.05, 4.69) is 9.47 Å². The Balaban J connectivity index is 3.99. The molecule has 0 fully saturated rings. The maximum atomic E-state index is 11.0. The van der Waals surface area contributed by atoms with Crippen LogP contribution in [0.1, 0.15) is 0 Å². The van der Waals surface area contributed by atoms with Crippen LogP contribution in [0.5, 0.6) is 0 Å². The van der Waals surface area contributed by atoms with E-state index in [4.69, 9.17) is 10.2 Å². The van der Waals surface area contributed by atoms with Gasteiger partial charge in [-0.1, -0.05) is 0 Å². The van der Waals surface area contributed by atoms with E-state index in [0.29, 0.717) is 0 Å². The standard InChI is InChI=1S/C7H14N2O6/c1-8(6(12)14-4-10)3-9(2)7(13)15-5-11/h10-11H,3-5H2,1-2H3. The minimum Gasteiger partial charge on any atom is -0.422 e. The smallest absolute Gasteiger partial charge is 0.413 e. The van der Waals surface area contributed by atoms with Crippen molar-refractivity contribution in [1.29, 1.82) is 0 Å². The molecule has 15 heavy (non-hydrogen) atoms. The SMILES string of the molecule is CN(CN(C)C(=O)OCO)C(=O)OCO. The second kappa shape index (κ2) is 6.85. The maximum Gasteiger partial charge on any atom is 0.413 e. The topological polar surface area (TPSA) is 99.5 Å².